The molecule has 2 heterocycles. The minimum Gasteiger partial charge on any atom is -0.390 e. The highest BCUT2D eigenvalue weighted by Crippen LogP contribution is 2.35. The van der Waals surface area contributed by atoms with Crippen LogP contribution in [0.2, 0.25) is 0 Å². The molecule has 1 aliphatic heterocycles. The fourth-order valence-electron chi connectivity index (χ4n) is 3.78. The average Bonchev–Trinajstić information content (AvgIpc) is 2.93. The van der Waals surface area contributed by atoms with Gasteiger partial charge < -0.3 is 31.5 Å². The number of aryl methyl sites for hydroxylation is 2. The summed E-state index contributed by atoms with van der Waals surface area (Å²) in [6.45, 7) is 0. The first-order chi connectivity index (χ1) is 13.5. The molecule has 0 bridgehead atoms. The van der Waals surface area contributed by atoms with Gasteiger partial charge >= 0.3 is 0 Å². The molecule has 0 spiro atoms. The maximum atomic E-state index is 10.7. The van der Waals surface area contributed by atoms with Crippen LogP contribution >= 0.6 is 0 Å². The quantitative estimate of drug-likeness (QED) is 0.341. The number of fused-ring (bicyclic) bond motifs is 1. The molecule has 1 aliphatic carbocycles. The summed E-state index contributed by atoms with van der Waals surface area (Å²) < 4.78 is 5.83. The van der Waals surface area contributed by atoms with Gasteiger partial charge in [-0.05, 0) is 29.5 Å². The van der Waals surface area contributed by atoms with Crippen LogP contribution in [0.1, 0.15) is 28.5 Å². The van der Waals surface area contributed by atoms with Gasteiger partial charge in [0.05, 0.1) is 18.1 Å². The van der Waals surface area contributed by atoms with Gasteiger partial charge in [-0.2, -0.15) is 0 Å². The van der Waals surface area contributed by atoms with Crippen molar-refractivity contribution in [1.29, 1.82) is 0 Å². The summed E-state index contributed by atoms with van der Waals surface area (Å²) in [4.78, 5) is 12.0. The molecule has 7 N–H and O–H groups in total. The highest BCUT2D eigenvalue weighted by atomic mass is 16.6. The number of ether oxygens (including phenoxy) is 1. The highest BCUT2D eigenvalue weighted by molar-refractivity contribution is 5.68. The number of nitrogens with two attached hydrogens (primary N) is 2. The highest BCUT2D eigenvalue weighted by Gasteiger charge is 2.46. The van der Waals surface area contributed by atoms with Crippen LogP contribution in [0.25, 0.3) is 0 Å². The average molecular weight is 385 g/mol. The SMILES string of the molecule is NC=Nc1c(N)ncnc1C[C@@H]1O[C@H]([C@H](O)c2ccc3c(c2)CC3)[C@@H](O)[C@H]1O. The van der Waals surface area contributed by atoms with Gasteiger partial charge in [-0.25, -0.2) is 15.0 Å². The Morgan fingerprint density at radius 2 is 2.00 bits per heavy atom. The third-order valence-electron chi connectivity index (χ3n) is 5.47. The predicted molar refractivity (Wildman–Crippen MR) is 102 cm³/mol. The lowest BCUT2D eigenvalue weighted by Crippen LogP contribution is -2.35. The van der Waals surface area contributed by atoms with Gasteiger partial charge in [0.15, 0.2) is 5.82 Å². The Balaban J connectivity index is 1.53. The minimum absolute atomic E-state index is 0.130. The van der Waals surface area contributed by atoms with Crippen molar-refractivity contribution in [3.05, 3.63) is 46.9 Å². The van der Waals surface area contributed by atoms with E-state index in [4.69, 9.17) is 16.2 Å². The van der Waals surface area contributed by atoms with Crippen LogP contribution in [0.5, 0.6) is 0 Å². The number of nitrogen functional groups attached to an aromatic ring is 1. The van der Waals surface area contributed by atoms with Crippen molar-refractivity contribution in [3.63, 3.8) is 0 Å². The van der Waals surface area contributed by atoms with E-state index >= 15 is 0 Å². The molecule has 28 heavy (non-hydrogen) atoms. The number of hydrogen-bond donors (Lipinski definition) is 5. The molecule has 4 rings (SSSR count). The zero-order chi connectivity index (χ0) is 19.8. The fraction of sp³-hybridized carbons (Fsp3) is 0.421. The summed E-state index contributed by atoms with van der Waals surface area (Å²) in [6.07, 6.45) is -0.726. The Morgan fingerprint density at radius 1 is 1.21 bits per heavy atom. The van der Waals surface area contributed by atoms with Gasteiger partial charge in [0.1, 0.15) is 36.4 Å². The van der Waals surface area contributed by atoms with Crippen molar-refractivity contribution < 1.29 is 20.1 Å². The van der Waals surface area contributed by atoms with Gasteiger partial charge in [0.2, 0.25) is 0 Å². The summed E-state index contributed by atoms with van der Waals surface area (Å²) in [5.41, 5.74) is 15.0. The van der Waals surface area contributed by atoms with E-state index < -0.39 is 30.5 Å². The number of nitrogens with zero attached hydrogens (tertiary/aromatic N) is 3. The van der Waals surface area contributed by atoms with Crippen molar-refractivity contribution in [2.24, 2.45) is 10.7 Å². The first kappa shape index (κ1) is 18.8. The number of aromatic nitrogens is 2. The molecule has 0 radical (unpaired) electrons. The summed E-state index contributed by atoms with van der Waals surface area (Å²) in [5, 5.41) is 31.7. The number of benzene rings is 1. The van der Waals surface area contributed by atoms with Crippen LogP contribution in [0.3, 0.4) is 0 Å². The second kappa shape index (κ2) is 7.44. The lowest BCUT2D eigenvalue weighted by atomic mass is 9.85. The summed E-state index contributed by atoms with van der Waals surface area (Å²) in [5.74, 6) is 0.151. The first-order valence-corrected chi connectivity index (χ1v) is 9.14. The summed E-state index contributed by atoms with van der Waals surface area (Å²) in [6, 6.07) is 5.74. The van der Waals surface area contributed by atoms with Gasteiger partial charge in [0.25, 0.3) is 0 Å². The Bertz CT molecular complexity index is 906. The second-order valence-corrected chi connectivity index (χ2v) is 7.13. The van der Waals surface area contributed by atoms with Crippen LogP contribution in [0, 0.1) is 0 Å². The minimum atomic E-state index is -1.24. The summed E-state index contributed by atoms with van der Waals surface area (Å²) >= 11 is 0. The molecule has 5 atom stereocenters. The largest absolute Gasteiger partial charge is 0.390 e. The molecule has 1 fully saturated rings. The van der Waals surface area contributed by atoms with E-state index in [1.54, 1.807) is 0 Å². The standard InChI is InChI=1S/C19H23N5O4/c20-7-22-14-12(23-8-24-19(14)21)6-13-16(26)17(27)18(28-13)15(25)11-4-2-9-1-3-10(9)5-11/h2,4-5,7-8,13,15-18,25-27H,1,3,6H2,(H2,20,22)(H2,21,23,24)/t13-,15+,16-,17-,18+/m0/s1. The molecule has 1 saturated heterocycles. The molecule has 1 aromatic heterocycles. The normalized spacial score (nSPS) is 27.5. The zero-order valence-corrected chi connectivity index (χ0v) is 15.1. The third-order valence-corrected chi connectivity index (χ3v) is 5.47. The zero-order valence-electron chi connectivity index (χ0n) is 15.1. The molecule has 0 amide bonds. The number of aliphatic hydroxyl groups excluding tert-OH is 3. The maximum Gasteiger partial charge on any atom is 0.153 e. The van der Waals surface area contributed by atoms with Crippen molar-refractivity contribution >= 4 is 17.8 Å². The van der Waals surface area contributed by atoms with Crippen molar-refractivity contribution in [2.45, 2.75) is 49.8 Å². The molecule has 1 aromatic carbocycles. The number of anilines is 1. The van der Waals surface area contributed by atoms with E-state index in [2.05, 4.69) is 15.0 Å². The molecule has 148 valence electrons. The van der Waals surface area contributed by atoms with Gasteiger partial charge in [-0.1, -0.05) is 18.2 Å². The van der Waals surface area contributed by atoms with E-state index in [0.717, 1.165) is 19.2 Å². The molecular formula is C19H23N5O4. The van der Waals surface area contributed by atoms with Crippen LogP contribution in [0.4, 0.5) is 11.5 Å². The molecule has 9 heteroatoms. The van der Waals surface area contributed by atoms with E-state index in [1.165, 1.54) is 17.5 Å². The van der Waals surface area contributed by atoms with Crippen molar-refractivity contribution in [1.82, 2.24) is 9.97 Å². The van der Waals surface area contributed by atoms with Gasteiger partial charge in [0, 0.05) is 6.42 Å². The number of aliphatic hydroxyl groups is 3. The second-order valence-electron chi connectivity index (χ2n) is 7.13. The number of hydrogen-bond acceptors (Lipinski definition) is 8. The van der Waals surface area contributed by atoms with Crippen LogP contribution in [-0.4, -0.2) is 56.0 Å². The Morgan fingerprint density at radius 3 is 2.68 bits per heavy atom. The molecule has 0 unspecified atom stereocenters. The number of rotatable bonds is 5. The third kappa shape index (κ3) is 3.22. The molecule has 9 nitrogen and oxygen atoms in total. The fourth-order valence-corrected chi connectivity index (χ4v) is 3.78. The topological polar surface area (TPSA) is 160 Å². The van der Waals surface area contributed by atoms with Gasteiger partial charge in [-0.15, -0.1) is 0 Å². The Labute approximate surface area is 161 Å². The lowest BCUT2D eigenvalue weighted by molar-refractivity contribution is -0.0666. The smallest absolute Gasteiger partial charge is 0.153 e. The monoisotopic (exact) mass is 385 g/mol. The van der Waals surface area contributed by atoms with E-state index in [9.17, 15) is 15.3 Å². The van der Waals surface area contributed by atoms with Crippen molar-refractivity contribution in [3.8, 4) is 0 Å². The number of aliphatic imine (C=N–C) groups is 1. The molecule has 2 aliphatic rings. The van der Waals surface area contributed by atoms with E-state index in [0.29, 0.717) is 16.9 Å². The van der Waals surface area contributed by atoms with Gasteiger partial charge in [-0.3, -0.25) is 0 Å². The predicted octanol–water partition coefficient (Wildman–Crippen LogP) is -0.459. The molecule has 0 saturated carbocycles. The Kier molecular flexibility index (Phi) is 4.98. The molecule has 2 aromatic rings. The molecular weight excluding hydrogens is 362 g/mol. The first-order valence-electron chi connectivity index (χ1n) is 9.14. The Hall–Kier alpha value is -2.59. The van der Waals surface area contributed by atoms with E-state index in [-0.39, 0.29) is 12.2 Å². The summed E-state index contributed by atoms with van der Waals surface area (Å²) in [7, 11) is 0. The van der Waals surface area contributed by atoms with Crippen LogP contribution < -0.4 is 11.5 Å². The maximum absolute atomic E-state index is 10.7. The van der Waals surface area contributed by atoms with Crippen LogP contribution in [0.15, 0.2) is 29.5 Å². The van der Waals surface area contributed by atoms with E-state index in [1.807, 2.05) is 18.2 Å². The van der Waals surface area contributed by atoms with Crippen LogP contribution in [-0.2, 0) is 24.0 Å². The lowest BCUT2D eigenvalue weighted by Gasteiger charge is -2.25. The van der Waals surface area contributed by atoms with Crippen molar-refractivity contribution in [2.75, 3.05) is 5.73 Å².